The highest BCUT2D eigenvalue weighted by atomic mass is 32.3. The van der Waals surface area contributed by atoms with E-state index in [9.17, 15) is 13.9 Å². The Hall–Kier alpha value is -1.08. The predicted octanol–water partition coefficient (Wildman–Crippen LogP) is 2.22. The van der Waals surface area contributed by atoms with Crippen molar-refractivity contribution >= 4 is 16.8 Å². The molecular formula is C11H14O5S. The number of hydrogen-bond acceptors (Lipinski definition) is 5. The number of aryl methyl sites for hydroxylation is 1. The molecule has 1 heterocycles. The molecule has 0 radical (unpaired) electrons. The van der Waals surface area contributed by atoms with Crippen LogP contribution in [0.3, 0.4) is 0 Å². The molecule has 0 saturated carbocycles. The summed E-state index contributed by atoms with van der Waals surface area (Å²) in [7, 11) is -3.01. The van der Waals surface area contributed by atoms with Gasteiger partial charge in [0.2, 0.25) is 0 Å². The van der Waals surface area contributed by atoms with Crippen LogP contribution in [-0.4, -0.2) is 33.5 Å². The van der Waals surface area contributed by atoms with E-state index >= 15 is 0 Å². The standard InChI is InChI=1S/C11H14O5S/c1-8-4-2-3-5-10(8)11(12)16-9-6-15-17(13,14)7-9/h2-5,9,13-14H,6-7H2,1H3. The maximum absolute atomic E-state index is 11.8. The molecule has 17 heavy (non-hydrogen) atoms. The largest absolute Gasteiger partial charge is 0.455 e. The van der Waals surface area contributed by atoms with Crippen LogP contribution < -0.4 is 0 Å². The zero-order valence-corrected chi connectivity index (χ0v) is 10.1. The highest BCUT2D eigenvalue weighted by Gasteiger charge is 2.35. The first-order valence-electron chi connectivity index (χ1n) is 5.15. The topological polar surface area (TPSA) is 76.0 Å². The normalized spacial score (nSPS) is 24.3. The van der Waals surface area contributed by atoms with Gasteiger partial charge in [0, 0.05) is 0 Å². The third-order valence-electron chi connectivity index (χ3n) is 2.48. The van der Waals surface area contributed by atoms with Crippen LogP contribution in [0.25, 0.3) is 0 Å². The highest BCUT2D eigenvalue weighted by Crippen LogP contribution is 2.46. The number of carbonyl (C=O) groups excluding carboxylic acids is 1. The third-order valence-corrected chi connectivity index (χ3v) is 3.80. The van der Waals surface area contributed by atoms with Crippen molar-refractivity contribution in [3.63, 3.8) is 0 Å². The highest BCUT2D eigenvalue weighted by molar-refractivity contribution is 8.20. The second-order valence-electron chi connectivity index (χ2n) is 3.90. The quantitative estimate of drug-likeness (QED) is 0.795. The van der Waals surface area contributed by atoms with Crippen LogP contribution in [0.2, 0.25) is 0 Å². The molecule has 1 saturated heterocycles. The van der Waals surface area contributed by atoms with Crippen LogP contribution >= 0.6 is 10.9 Å². The van der Waals surface area contributed by atoms with Crippen molar-refractivity contribution in [3.05, 3.63) is 35.4 Å². The minimum absolute atomic E-state index is 0.0277. The first-order chi connectivity index (χ1) is 7.98. The Bertz CT molecular complexity index is 432. The predicted molar refractivity (Wildman–Crippen MR) is 64.1 cm³/mol. The Morgan fingerprint density at radius 3 is 2.76 bits per heavy atom. The summed E-state index contributed by atoms with van der Waals surface area (Å²) in [5.41, 5.74) is 1.30. The molecule has 0 aromatic heterocycles. The third kappa shape index (κ3) is 2.98. The van der Waals surface area contributed by atoms with Crippen molar-refractivity contribution < 1.29 is 22.8 Å². The molecule has 1 atom stereocenters. The van der Waals surface area contributed by atoms with E-state index < -0.39 is 22.9 Å². The molecule has 0 spiro atoms. The Morgan fingerprint density at radius 1 is 1.47 bits per heavy atom. The van der Waals surface area contributed by atoms with E-state index in [1.807, 2.05) is 19.1 Å². The first kappa shape index (κ1) is 12.4. The van der Waals surface area contributed by atoms with Gasteiger partial charge in [-0.3, -0.25) is 4.18 Å². The SMILES string of the molecule is Cc1ccccc1C(=O)OC1COS(O)(O)C1. The molecule has 1 aliphatic heterocycles. The minimum atomic E-state index is -3.01. The Balaban J connectivity index is 2.01. The summed E-state index contributed by atoms with van der Waals surface area (Å²) in [6, 6.07) is 7.07. The molecule has 1 aliphatic rings. The lowest BCUT2D eigenvalue weighted by Gasteiger charge is -2.17. The Morgan fingerprint density at radius 2 is 2.18 bits per heavy atom. The second kappa shape index (κ2) is 4.66. The molecule has 2 N–H and O–H groups in total. The summed E-state index contributed by atoms with van der Waals surface area (Å²) in [5.74, 6) is -0.515. The summed E-state index contributed by atoms with van der Waals surface area (Å²) < 4.78 is 28.3. The lowest BCUT2D eigenvalue weighted by Crippen LogP contribution is -2.21. The van der Waals surface area contributed by atoms with Crippen molar-refractivity contribution in [1.82, 2.24) is 0 Å². The zero-order valence-electron chi connectivity index (χ0n) is 9.33. The van der Waals surface area contributed by atoms with Gasteiger partial charge in [0.25, 0.3) is 0 Å². The van der Waals surface area contributed by atoms with Crippen LogP contribution in [-0.2, 0) is 8.92 Å². The van der Waals surface area contributed by atoms with Crippen LogP contribution in [0.5, 0.6) is 0 Å². The smallest absolute Gasteiger partial charge is 0.338 e. The summed E-state index contributed by atoms with van der Waals surface area (Å²) in [5, 5.41) is 0. The molecule has 0 bridgehead atoms. The molecule has 1 aromatic carbocycles. The lowest BCUT2D eigenvalue weighted by molar-refractivity contribution is 0.0300. The van der Waals surface area contributed by atoms with Gasteiger partial charge in [0.1, 0.15) is 12.7 Å². The average Bonchev–Trinajstić information content (AvgIpc) is 2.58. The van der Waals surface area contributed by atoms with E-state index in [4.69, 9.17) is 8.92 Å². The van der Waals surface area contributed by atoms with Gasteiger partial charge in [-0.1, -0.05) is 18.2 Å². The minimum Gasteiger partial charge on any atom is -0.455 e. The molecule has 1 fully saturated rings. The fraction of sp³-hybridized carbons (Fsp3) is 0.364. The number of hydrogen-bond donors (Lipinski definition) is 2. The molecular weight excluding hydrogens is 244 g/mol. The summed E-state index contributed by atoms with van der Waals surface area (Å²) in [6.07, 6.45) is -0.591. The van der Waals surface area contributed by atoms with Crippen molar-refractivity contribution in [2.24, 2.45) is 0 Å². The molecule has 1 unspecified atom stereocenters. The number of carbonyl (C=O) groups is 1. The van der Waals surface area contributed by atoms with Gasteiger partial charge in [0.15, 0.2) is 0 Å². The van der Waals surface area contributed by atoms with Gasteiger partial charge >= 0.3 is 5.97 Å². The summed E-state index contributed by atoms with van der Waals surface area (Å²) >= 11 is 0. The van der Waals surface area contributed by atoms with Gasteiger partial charge < -0.3 is 13.8 Å². The number of esters is 1. The lowest BCUT2D eigenvalue weighted by atomic mass is 10.1. The van der Waals surface area contributed by atoms with Crippen molar-refractivity contribution in [3.8, 4) is 0 Å². The first-order valence-corrected chi connectivity index (χ1v) is 6.79. The monoisotopic (exact) mass is 258 g/mol. The van der Waals surface area contributed by atoms with Gasteiger partial charge in [-0.15, -0.1) is 0 Å². The van der Waals surface area contributed by atoms with Gasteiger partial charge in [-0.05, 0) is 18.6 Å². The Kier molecular flexibility index (Phi) is 3.39. The maximum atomic E-state index is 11.8. The zero-order chi connectivity index (χ0) is 12.5. The number of rotatable bonds is 2. The molecule has 5 nitrogen and oxygen atoms in total. The van der Waals surface area contributed by atoms with E-state index in [0.717, 1.165) is 5.56 Å². The van der Waals surface area contributed by atoms with Gasteiger partial charge in [0.05, 0.1) is 22.2 Å². The summed E-state index contributed by atoms with van der Waals surface area (Å²) in [4.78, 5) is 11.8. The number of benzene rings is 1. The molecule has 1 aromatic rings. The Labute approximate surface area is 101 Å². The van der Waals surface area contributed by atoms with Crippen LogP contribution in [0.1, 0.15) is 15.9 Å². The van der Waals surface area contributed by atoms with Crippen molar-refractivity contribution in [2.75, 3.05) is 12.4 Å². The van der Waals surface area contributed by atoms with E-state index in [1.165, 1.54) is 0 Å². The van der Waals surface area contributed by atoms with Gasteiger partial charge in [-0.25, -0.2) is 4.79 Å². The van der Waals surface area contributed by atoms with Crippen molar-refractivity contribution in [1.29, 1.82) is 0 Å². The van der Waals surface area contributed by atoms with E-state index in [2.05, 4.69) is 0 Å². The van der Waals surface area contributed by atoms with E-state index in [0.29, 0.717) is 5.56 Å². The molecule has 0 amide bonds. The van der Waals surface area contributed by atoms with Gasteiger partial charge in [-0.2, -0.15) is 0 Å². The molecule has 2 rings (SSSR count). The van der Waals surface area contributed by atoms with Crippen LogP contribution in [0, 0.1) is 6.92 Å². The van der Waals surface area contributed by atoms with Crippen LogP contribution in [0.4, 0.5) is 0 Å². The number of ether oxygens (including phenoxy) is 1. The van der Waals surface area contributed by atoms with Crippen LogP contribution in [0.15, 0.2) is 24.3 Å². The second-order valence-corrected chi connectivity index (χ2v) is 5.68. The molecule has 6 heteroatoms. The fourth-order valence-electron chi connectivity index (χ4n) is 1.61. The van der Waals surface area contributed by atoms with Crippen molar-refractivity contribution in [2.45, 2.75) is 13.0 Å². The molecule has 0 aliphatic carbocycles. The summed E-state index contributed by atoms with van der Waals surface area (Å²) in [6.45, 7) is 1.84. The maximum Gasteiger partial charge on any atom is 0.338 e. The fourth-order valence-corrected chi connectivity index (χ4v) is 2.72. The van der Waals surface area contributed by atoms with E-state index in [1.54, 1.807) is 12.1 Å². The average molecular weight is 258 g/mol. The molecule has 94 valence electrons. The van der Waals surface area contributed by atoms with E-state index in [-0.39, 0.29) is 12.4 Å².